The van der Waals surface area contributed by atoms with E-state index in [2.05, 4.69) is 5.32 Å². The first kappa shape index (κ1) is 38.2. The van der Waals surface area contributed by atoms with Gasteiger partial charge in [0.25, 0.3) is 0 Å². The highest BCUT2D eigenvalue weighted by Crippen LogP contribution is 2.60. The lowest BCUT2D eigenvalue weighted by atomic mass is 9.61. The van der Waals surface area contributed by atoms with Crippen molar-refractivity contribution in [3.63, 3.8) is 0 Å². The number of anilines is 1. The number of fused-ring (bicyclic) bond motifs is 2. The van der Waals surface area contributed by atoms with Crippen LogP contribution in [0.25, 0.3) is 0 Å². The molecule has 1 spiro atoms. The van der Waals surface area contributed by atoms with E-state index >= 15 is 4.39 Å². The zero-order chi connectivity index (χ0) is 35.6. The van der Waals surface area contributed by atoms with Gasteiger partial charge in [0, 0.05) is 30.1 Å². The zero-order valence-corrected chi connectivity index (χ0v) is 26.9. The third-order valence-corrected chi connectivity index (χ3v) is 9.45. The molecule has 0 aromatic heterocycles. The molecule has 0 aliphatic carbocycles. The number of Topliss-reactive ketones (excluding diaryl/α,β-unsaturated/α-hetero) is 1. The Morgan fingerprint density at radius 1 is 1.13 bits per heavy atom. The molecule has 0 unspecified atom stereocenters. The summed E-state index contributed by atoms with van der Waals surface area (Å²) in [6.45, 7) is 5.61. The summed E-state index contributed by atoms with van der Waals surface area (Å²) in [6.07, 6.45) is -4.50. The van der Waals surface area contributed by atoms with E-state index in [0.29, 0.717) is 6.42 Å². The van der Waals surface area contributed by atoms with Crippen molar-refractivity contribution in [1.82, 2.24) is 4.90 Å². The number of halogens is 7. The van der Waals surface area contributed by atoms with Gasteiger partial charge in [-0.25, -0.2) is 18.0 Å². The van der Waals surface area contributed by atoms with E-state index in [0.717, 1.165) is 18.6 Å². The van der Waals surface area contributed by atoms with Crippen LogP contribution in [-0.4, -0.2) is 75.9 Å². The van der Waals surface area contributed by atoms with Crippen LogP contribution in [0.1, 0.15) is 69.9 Å². The Morgan fingerprint density at radius 2 is 1.72 bits per heavy atom. The van der Waals surface area contributed by atoms with E-state index in [1.54, 1.807) is 11.9 Å². The zero-order valence-electron chi connectivity index (χ0n) is 26.1. The minimum absolute atomic E-state index is 0.00300. The van der Waals surface area contributed by atoms with Gasteiger partial charge >= 0.3 is 12.1 Å². The summed E-state index contributed by atoms with van der Waals surface area (Å²) < 4.78 is 76.8. The number of carbonyl (C=O) groups is 3. The maximum atomic E-state index is 15.8. The van der Waals surface area contributed by atoms with Crippen LogP contribution in [0.3, 0.4) is 0 Å². The number of hydrogen-bond acceptors (Lipinski definition) is 6. The van der Waals surface area contributed by atoms with Crippen LogP contribution in [0.15, 0.2) is 30.3 Å². The smallest absolute Gasteiger partial charge is 0.475 e. The Balaban J connectivity index is 0.000000771. The third kappa shape index (κ3) is 7.60. The first-order valence-electron chi connectivity index (χ1n) is 14.8. The van der Waals surface area contributed by atoms with Gasteiger partial charge in [0.15, 0.2) is 17.4 Å². The summed E-state index contributed by atoms with van der Waals surface area (Å²) >= 11 is 6.20. The van der Waals surface area contributed by atoms with E-state index in [4.69, 9.17) is 21.5 Å². The van der Waals surface area contributed by atoms with Gasteiger partial charge < -0.3 is 20.6 Å². The van der Waals surface area contributed by atoms with Gasteiger partial charge in [0.2, 0.25) is 5.91 Å². The molecule has 2 aromatic rings. The molecule has 2 aliphatic heterocycles. The molecule has 260 valence electrons. The molecule has 8 nitrogen and oxygen atoms in total. The van der Waals surface area contributed by atoms with Crippen molar-refractivity contribution in [2.24, 2.45) is 5.41 Å². The van der Waals surface area contributed by atoms with Crippen LogP contribution in [0.4, 0.5) is 32.0 Å². The summed E-state index contributed by atoms with van der Waals surface area (Å²) in [5.74, 6) is -7.79. The number of nitrogens with one attached hydrogen (secondary N) is 1. The molecule has 0 saturated carbocycles. The van der Waals surface area contributed by atoms with Crippen LogP contribution in [0.2, 0.25) is 5.02 Å². The maximum absolute atomic E-state index is 15.8. The Kier molecular flexibility index (Phi) is 11.8. The first-order valence-corrected chi connectivity index (χ1v) is 15.2. The van der Waals surface area contributed by atoms with Crippen molar-refractivity contribution < 1.29 is 56.0 Å². The maximum Gasteiger partial charge on any atom is 0.490 e. The standard InChI is InChI=1S/C30H36ClF3N2O4.C2HF3O2/c1-5-29(2,3)14-24-30(18-12-20(32)21(33)13-22(18)35-28(30)40)25(17-9-7-10-19(31)26(17)34)27(36(24)4)23(39)11-6-8-16(38)15-37;3-2(4,5)1(6)7/h7,9-10,12-13,16,24-25,27,37-38H,5-6,8,11,14-15H2,1-4H3,(H,35,40);(H,6,7)/t16-,24+,25-,27-,30-;/m0./s1. The van der Waals surface area contributed by atoms with Crippen LogP contribution < -0.4 is 5.32 Å². The van der Waals surface area contributed by atoms with E-state index in [-0.39, 0.29) is 52.3 Å². The predicted molar refractivity (Wildman–Crippen MR) is 160 cm³/mol. The largest absolute Gasteiger partial charge is 0.490 e. The molecule has 15 heteroatoms. The number of nitrogens with zero attached hydrogens (tertiary/aromatic N) is 1. The molecule has 4 rings (SSSR count). The lowest BCUT2D eigenvalue weighted by Crippen LogP contribution is -2.50. The molecule has 1 amide bonds. The molecule has 0 bridgehead atoms. The summed E-state index contributed by atoms with van der Waals surface area (Å²) in [4.78, 5) is 38.8. The minimum atomic E-state index is -5.08. The Morgan fingerprint density at radius 3 is 2.28 bits per heavy atom. The van der Waals surface area contributed by atoms with Crippen molar-refractivity contribution in [3.8, 4) is 0 Å². The third-order valence-electron chi connectivity index (χ3n) is 9.16. The van der Waals surface area contributed by atoms with E-state index < -0.39 is 71.6 Å². The topological polar surface area (TPSA) is 127 Å². The highest BCUT2D eigenvalue weighted by molar-refractivity contribution is 6.30. The number of aliphatic hydroxyl groups is 2. The Bertz CT molecular complexity index is 1510. The molecule has 5 atom stereocenters. The fraction of sp³-hybridized carbons (Fsp3) is 0.531. The van der Waals surface area contributed by atoms with Crippen molar-refractivity contribution in [2.45, 2.75) is 88.6 Å². The average Bonchev–Trinajstić information content (AvgIpc) is 3.40. The number of carbonyl (C=O) groups excluding carboxylic acids is 2. The molecular weight excluding hydrogens is 658 g/mol. The molecule has 2 heterocycles. The van der Waals surface area contributed by atoms with E-state index in [1.807, 2.05) is 20.8 Å². The number of hydrogen-bond donors (Lipinski definition) is 4. The molecule has 4 N–H and O–H groups in total. The number of aliphatic hydroxyl groups excluding tert-OH is 2. The number of likely N-dealkylation sites (N-methyl/N-ethyl adjacent to an activating group) is 1. The van der Waals surface area contributed by atoms with Crippen LogP contribution in [0, 0.1) is 22.9 Å². The number of carboxylic acids is 1. The Labute approximate surface area is 272 Å². The molecule has 1 saturated heterocycles. The number of alkyl halides is 3. The Hall–Kier alpha value is -3.20. The number of rotatable bonds is 10. The summed E-state index contributed by atoms with van der Waals surface area (Å²) in [7, 11) is 1.71. The van der Waals surface area contributed by atoms with Gasteiger partial charge in [-0.1, -0.05) is 50.9 Å². The van der Waals surface area contributed by atoms with Gasteiger partial charge in [-0.05, 0) is 55.0 Å². The molecule has 2 aliphatic rings. The fourth-order valence-electron chi connectivity index (χ4n) is 6.50. The second kappa shape index (κ2) is 14.5. The lowest BCUT2D eigenvalue weighted by Gasteiger charge is -2.39. The van der Waals surface area contributed by atoms with Crippen LogP contribution in [-0.2, 0) is 19.8 Å². The minimum Gasteiger partial charge on any atom is -0.475 e. The van der Waals surface area contributed by atoms with Gasteiger partial charge in [-0.2, -0.15) is 13.2 Å². The van der Waals surface area contributed by atoms with Crippen molar-refractivity contribution in [1.29, 1.82) is 0 Å². The van der Waals surface area contributed by atoms with E-state index in [1.165, 1.54) is 18.2 Å². The predicted octanol–water partition coefficient (Wildman–Crippen LogP) is 5.97. The van der Waals surface area contributed by atoms with E-state index in [9.17, 15) is 41.8 Å². The molecule has 2 aromatic carbocycles. The molecule has 0 radical (unpaired) electrons. The summed E-state index contributed by atoms with van der Waals surface area (Å²) in [5.41, 5.74) is -1.66. The second-order valence-corrected chi connectivity index (χ2v) is 13.0. The SMILES string of the molecule is CCC(C)(C)C[C@H]1N(C)[C@@H](C(=O)CCC[C@H](O)CO)[C@H](c2cccc(Cl)c2F)[C@@]12C(=O)Nc1cc(F)c(F)cc12.O=C(O)C(F)(F)F. The molecular formula is C32H37ClF6N2O6. The van der Waals surface area contributed by atoms with Crippen LogP contribution in [0.5, 0.6) is 0 Å². The second-order valence-electron chi connectivity index (χ2n) is 12.6. The number of amides is 1. The van der Waals surface area contributed by atoms with Crippen molar-refractivity contribution in [2.75, 3.05) is 19.0 Å². The number of benzene rings is 2. The van der Waals surface area contributed by atoms with Crippen molar-refractivity contribution >= 4 is 34.9 Å². The van der Waals surface area contributed by atoms with Gasteiger partial charge in [-0.15, -0.1) is 0 Å². The number of likely N-dealkylation sites (tertiary alicyclic amines) is 1. The van der Waals surface area contributed by atoms with Gasteiger partial charge in [0.05, 0.1) is 23.8 Å². The highest BCUT2D eigenvalue weighted by Gasteiger charge is 2.68. The quantitative estimate of drug-likeness (QED) is 0.226. The van der Waals surface area contributed by atoms with Crippen molar-refractivity contribution in [3.05, 3.63) is 63.9 Å². The fourth-order valence-corrected chi connectivity index (χ4v) is 6.68. The van der Waals surface area contributed by atoms with Gasteiger partial charge in [0.1, 0.15) is 11.2 Å². The number of aliphatic carboxylic acids is 1. The summed E-state index contributed by atoms with van der Waals surface area (Å²) in [5, 5.41) is 28.6. The first-order chi connectivity index (χ1) is 21.7. The monoisotopic (exact) mass is 694 g/mol. The van der Waals surface area contributed by atoms with Gasteiger partial charge in [-0.3, -0.25) is 14.5 Å². The summed E-state index contributed by atoms with van der Waals surface area (Å²) in [6, 6.07) is 4.61. The molecule has 1 fully saturated rings. The molecule has 47 heavy (non-hydrogen) atoms. The normalized spacial score (nSPS) is 23.3. The average molecular weight is 695 g/mol. The van der Waals surface area contributed by atoms with Crippen LogP contribution >= 0.6 is 11.6 Å². The number of carboxylic acid groups (broad SMARTS) is 1. The lowest BCUT2D eigenvalue weighted by molar-refractivity contribution is -0.192. The highest BCUT2D eigenvalue weighted by atomic mass is 35.5. The number of ketones is 1.